The molecule has 2 unspecified atom stereocenters. The van der Waals surface area contributed by atoms with E-state index in [2.05, 4.69) is 0 Å². The Morgan fingerprint density at radius 2 is 1.92 bits per heavy atom. The topological polar surface area (TPSA) is 20.2 Å². The fourth-order valence-electron chi connectivity index (χ4n) is 1.66. The van der Waals surface area contributed by atoms with Gasteiger partial charge in [-0.3, -0.25) is 0 Å². The molecule has 0 aliphatic heterocycles. The van der Waals surface area contributed by atoms with Crippen molar-refractivity contribution in [1.29, 1.82) is 0 Å². The maximum atomic E-state index is 9.62. The fraction of sp³-hybridized carbons (Fsp3) is 0.273. The molecule has 0 saturated heterocycles. The highest BCUT2D eigenvalue weighted by Gasteiger charge is 2.21. The van der Waals surface area contributed by atoms with E-state index in [1.807, 2.05) is 36.4 Å². The molecular formula is C11H11ClO. The summed E-state index contributed by atoms with van der Waals surface area (Å²) in [6, 6.07) is 7.64. The zero-order valence-electron chi connectivity index (χ0n) is 7.15. The number of halogens is 1. The van der Waals surface area contributed by atoms with Gasteiger partial charge in [0.2, 0.25) is 0 Å². The fourth-order valence-corrected chi connectivity index (χ4v) is 1.78. The van der Waals surface area contributed by atoms with Crippen molar-refractivity contribution in [2.24, 2.45) is 0 Å². The van der Waals surface area contributed by atoms with Crippen molar-refractivity contribution in [3.05, 3.63) is 47.0 Å². The molecule has 0 spiro atoms. The van der Waals surface area contributed by atoms with Crippen molar-refractivity contribution in [3.63, 3.8) is 0 Å². The minimum atomic E-state index is -0.263. The van der Waals surface area contributed by atoms with Crippen LogP contribution in [-0.4, -0.2) is 11.2 Å². The number of aliphatic hydroxyl groups excluding tert-OH is 1. The van der Waals surface area contributed by atoms with Crippen LogP contribution in [0.25, 0.3) is 0 Å². The van der Waals surface area contributed by atoms with Gasteiger partial charge in [-0.2, -0.15) is 0 Å². The summed E-state index contributed by atoms with van der Waals surface area (Å²) >= 11 is 5.77. The minimum Gasteiger partial charge on any atom is -0.392 e. The van der Waals surface area contributed by atoms with Crippen LogP contribution in [0.1, 0.15) is 17.9 Å². The van der Waals surface area contributed by atoms with Crippen LogP contribution < -0.4 is 0 Å². The van der Waals surface area contributed by atoms with E-state index in [1.54, 1.807) is 0 Å². The van der Waals surface area contributed by atoms with Gasteiger partial charge in [0.15, 0.2) is 0 Å². The Morgan fingerprint density at radius 3 is 2.46 bits per heavy atom. The standard InChI is InChI=1S/C11H11ClO/c12-9-6-4-8(5-7-9)10-2-1-3-11(10)13/h1-2,4-7,10-11,13H,3H2. The lowest BCUT2D eigenvalue weighted by molar-refractivity contribution is 0.171. The first kappa shape index (κ1) is 8.79. The SMILES string of the molecule is OC1CC=CC1c1ccc(Cl)cc1. The third kappa shape index (κ3) is 1.77. The first-order valence-electron chi connectivity index (χ1n) is 4.37. The monoisotopic (exact) mass is 194 g/mol. The van der Waals surface area contributed by atoms with Crippen LogP contribution in [0.5, 0.6) is 0 Å². The molecule has 0 amide bonds. The second-order valence-corrected chi connectivity index (χ2v) is 3.74. The third-order valence-electron chi connectivity index (χ3n) is 2.39. The quantitative estimate of drug-likeness (QED) is 0.682. The van der Waals surface area contributed by atoms with Gasteiger partial charge < -0.3 is 5.11 Å². The van der Waals surface area contributed by atoms with Crippen molar-refractivity contribution < 1.29 is 5.11 Å². The lowest BCUT2D eigenvalue weighted by Gasteiger charge is -2.13. The van der Waals surface area contributed by atoms with E-state index in [1.165, 1.54) is 0 Å². The molecule has 2 atom stereocenters. The summed E-state index contributed by atoms with van der Waals surface area (Å²) in [4.78, 5) is 0. The van der Waals surface area contributed by atoms with E-state index in [-0.39, 0.29) is 12.0 Å². The Labute approximate surface area is 82.7 Å². The van der Waals surface area contributed by atoms with Crippen LogP contribution in [0, 0.1) is 0 Å². The molecule has 1 aromatic carbocycles. The Morgan fingerprint density at radius 1 is 1.23 bits per heavy atom. The van der Waals surface area contributed by atoms with Gasteiger partial charge in [0.25, 0.3) is 0 Å². The molecule has 1 aliphatic carbocycles. The summed E-state index contributed by atoms with van der Waals surface area (Å²) in [7, 11) is 0. The molecule has 1 aliphatic rings. The summed E-state index contributed by atoms with van der Waals surface area (Å²) in [5.41, 5.74) is 1.13. The highest BCUT2D eigenvalue weighted by Crippen LogP contribution is 2.29. The van der Waals surface area contributed by atoms with Crippen LogP contribution in [0.4, 0.5) is 0 Å². The van der Waals surface area contributed by atoms with E-state index in [9.17, 15) is 5.11 Å². The summed E-state index contributed by atoms with van der Waals surface area (Å²) in [5.74, 6) is 0.150. The van der Waals surface area contributed by atoms with E-state index < -0.39 is 0 Å². The van der Waals surface area contributed by atoms with Gasteiger partial charge in [0.1, 0.15) is 0 Å². The largest absolute Gasteiger partial charge is 0.392 e. The summed E-state index contributed by atoms with van der Waals surface area (Å²) in [6.45, 7) is 0. The van der Waals surface area contributed by atoms with Crippen LogP contribution >= 0.6 is 11.6 Å². The molecule has 2 heteroatoms. The lowest BCUT2D eigenvalue weighted by Crippen LogP contribution is -2.11. The van der Waals surface area contributed by atoms with Crippen molar-refractivity contribution in [2.75, 3.05) is 0 Å². The Kier molecular flexibility index (Phi) is 2.38. The number of rotatable bonds is 1. The van der Waals surface area contributed by atoms with Gasteiger partial charge in [-0.25, -0.2) is 0 Å². The van der Waals surface area contributed by atoms with E-state index in [4.69, 9.17) is 11.6 Å². The van der Waals surface area contributed by atoms with E-state index >= 15 is 0 Å². The van der Waals surface area contributed by atoms with E-state index in [0.29, 0.717) is 0 Å². The molecular weight excluding hydrogens is 184 g/mol. The third-order valence-corrected chi connectivity index (χ3v) is 2.64. The molecule has 0 saturated carbocycles. The Hall–Kier alpha value is -0.790. The summed E-state index contributed by atoms with van der Waals surface area (Å²) < 4.78 is 0. The molecule has 1 N–H and O–H groups in total. The first-order valence-corrected chi connectivity index (χ1v) is 4.75. The van der Waals surface area contributed by atoms with Gasteiger partial charge in [-0.1, -0.05) is 35.9 Å². The van der Waals surface area contributed by atoms with Crippen LogP contribution in [0.3, 0.4) is 0 Å². The first-order chi connectivity index (χ1) is 6.27. The number of aliphatic hydroxyl groups is 1. The van der Waals surface area contributed by atoms with Crippen molar-refractivity contribution in [2.45, 2.75) is 18.4 Å². The molecule has 68 valence electrons. The van der Waals surface area contributed by atoms with Gasteiger partial charge in [0.05, 0.1) is 6.10 Å². The highest BCUT2D eigenvalue weighted by molar-refractivity contribution is 6.30. The maximum absolute atomic E-state index is 9.62. The molecule has 0 bridgehead atoms. The minimum absolute atomic E-state index is 0.150. The van der Waals surface area contributed by atoms with Crippen molar-refractivity contribution in [1.82, 2.24) is 0 Å². The number of benzene rings is 1. The average Bonchev–Trinajstić information content (AvgIpc) is 2.53. The number of hydrogen-bond acceptors (Lipinski definition) is 1. The van der Waals surface area contributed by atoms with Gasteiger partial charge >= 0.3 is 0 Å². The van der Waals surface area contributed by atoms with Crippen molar-refractivity contribution in [3.8, 4) is 0 Å². The molecule has 0 heterocycles. The van der Waals surface area contributed by atoms with Crippen LogP contribution in [0.15, 0.2) is 36.4 Å². The highest BCUT2D eigenvalue weighted by atomic mass is 35.5. The molecule has 2 rings (SSSR count). The Bertz CT molecular complexity index is 315. The second kappa shape index (κ2) is 3.52. The van der Waals surface area contributed by atoms with E-state index in [0.717, 1.165) is 17.0 Å². The lowest BCUT2D eigenvalue weighted by atomic mass is 9.97. The van der Waals surface area contributed by atoms with Crippen LogP contribution in [-0.2, 0) is 0 Å². The molecule has 0 aromatic heterocycles. The molecule has 0 fully saturated rings. The van der Waals surface area contributed by atoms with Crippen molar-refractivity contribution >= 4 is 11.6 Å². The van der Waals surface area contributed by atoms with Crippen LogP contribution in [0.2, 0.25) is 5.02 Å². The summed E-state index contributed by atoms with van der Waals surface area (Å²) in [5, 5.41) is 10.4. The summed E-state index contributed by atoms with van der Waals surface area (Å²) in [6.07, 6.45) is 4.56. The normalized spacial score (nSPS) is 26.6. The molecule has 13 heavy (non-hydrogen) atoms. The van der Waals surface area contributed by atoms with Gasteiger partial charge in [-0.05, 0) is 24.1 Å². The zero-order valence-corrected chi connectivity index (χ0v) is 7.91. The number of hydrogen-bond donors (Lipinski definition) is 1. The zero-order chi connectivity index (χ0) is 9.26. The molecule has 0 radical (unpaired) electrons. The molecule has 1 nitrogen and oxygen atoms in total. The van der Waals surface area contributed by atoms with Gasteiger partial charge in [0, 0.05) is 10.9 Å². The molecule has 1 aromatic rings. The smallest absolute Gasteiger partial charge is 0.0677 e. The van der Waals surface area contributed by atoms with Gasteiger partial charge in [-0.15, -0.1) is 0 Å². The predicted octanol–water partition coefficient (Wildman–Crippen LogP) is 2.74. The average molecular weight is 195 g/mol. The Balaban J connectivity index is 2.25. The second-order valence-electron chi connectivity index (χ2n) is 3.31. The maximum Gasteiger partial charge on any atom is 0.0677 e. The predicted molar refractivity (Wildman–Crippen MR) is 54.0 cm³/mol.